The standard InChI is InChI=1S/C16H22N2O2/c19-16-14-8-4-9-17-15(14)12-18(16)10-5-11-20-13-6-2-1-3-7-13/h1-3,6-7,14-15,17H,4-5,8-12H2. The second kappa shape index (κ2) is 6.27. The van der Waals surface area contributed by atoms with E-state index in [1.165, 1.54) is 0 Å². The minimum atomic E-state index is 0.221. The van der Waals surface area contributed by atoms with Crippen LogP contribution in [-0.4, -0.2) is 43.1 Å². The highest BCUT2D eigenvalue weighted by molar-refractivity contribution is 5.82. The summed E-state index contributed by atoms with van der Waals surface area (Å²) >= 11 is 0. The van der Waals surface area contributed by atoms with Gasteiger partial charge in [-0.05, 0) is 37.9 Å². The molecular formula is C16H22N2O2. The van der Waals surface area contributed by atoms with Crippen molar-refractivity contribution in [2.75, 3.05) is 26.2 Å². The van der Waals surface area contributed by atoms with Crippen LogP contribution in [0.1, 0.15) is 19.3 Å². The topological polar surface area (TPSA) is 41.6 Å². The molecule has 1 amide bonds. The molecule has 2 saturated heterocycles. The lowest BCUT2D eigenvalue weighted by Gasteiger charge is -2.23. The van der Waals surface area contributed by atoms with Gasteiger partial charge in [-0.3, -0.25) is 4.79 Å². The van der Waals surface area contributed by atoms with E-state index in [0.29, 0.717) is 18.6 Å². The number of ether oxygens (including phenoxy) is 1. The van der Waals surface area contributed by atoms with E-state index >= 15 is 0 Å². The van der Waals surface area contributed by atoms with Crippen molar-refractivity contribution in [1.82, 2.24) is 10.2 Å². The molecular weight excluding hydrogens is 252 g/mol. The quantitative estimate of drug-likeness (QED) is 0.830. The lowest BCUT2D eigenvalue weighted by Crippen LogP contribution is -2.41. The highest BCUT2D eigenvalue weighted by Crippen LogP contribution is 2.26. The summed E-state index contributed by atoms with van der Waals surface area (Å²) in [5.74, 6) is 1.45. The second-order valence-electron chi connectivity index (χ2n) is 5.61. The molecule has 0 saturated carbocycles. The highest BCUT2D eigenvalue weighted by Gasteiger charge is 2.40. The monoisotopic (exact) mass is 274 g/mol. The Balaban J connectivity index is 1.42. The third kappa shape index (κ3) is 2.96. The minimum absolute atomic E-state index is 0.221. The van der Waals surface area contributed by atoms with Gasteiger partial charge >= 0.3 is 0 Å². The summed E-state index contributed by atoms with van der Waals surface area (Å²) in [5.41, 5.74) is 0. The van der Waals surface area contributed by atoms with E-state index in [9.17, 15) is 4.79 Å². The number of piperidine rings is 1. The average Bonchev–Trinajstić information content (AvgIpc) is 2.82. The van der Waals surface area contributed by atoms with Gasteiger partial charge in [-0.2, -0.15) is 0 Å². The van der Waals surface area contributed by atoms with Gasteiger partial charge in [-0.15, -0.1) is 0 Å². The maximum Gasteiger partial charge on any atom is 0.227 e. The van der Waals surface area contributed by atoms with E-state index < -0.39 is 0 Å². The molecule has 0 aliphatic carbocycles. The van der Waals surface area contributed by atoms with Crippen LogP contribution >= 0.6 is 0 Å². The summed E-state index contributed by atoms with van der Waals surface area (Å²) < 4.78 is 5.67. The van der Waals surface area contributed by atoms with Gasteiger partial charge in [0.15, 0.2) is 0 Å². The van der Waals surface area contributed by atoms with Crippen LogP contribution < -0.4 is 10.1 Å². The molecule has 1 aromatic carbocycles. The summed E-state index contributed by atoms with van der Waals surface area (Å²) in [6.07, 6.45) is 3.06. The number of carbonyl (C=O) groups is 1. The highest BCUT2D eigenvalue weighted by atomic mass is 16.5. The Kier molecular flexibility index (Phi) is 4.21. The Morgan fingerprint density at radius 1 is 1.30 bits per heavy atom. The predicted octanol–water partition coefficient (Wildman–Crippen LogP) is 1.67. The van der Waals surface area contributed by atoms with Crippen molar-refractivity contribution in [3.63, 3.8) is 0 Å². The number of amides is 1. The number of benzene rings is 1. The molecule has 108 valence electrons. The van der Waals surface area contributed by atoms with Gasteiger partial charge in [0.25, 0.3) is 0 Å². The molecule has 3 rings (SSSR count). The van der Waals surface area contributed by atoms with Gasteiger partial charge in [-0.1, -0.05) is 18.2 Å². The van der Waals surface area contributed by atoms with Gasteiger partial charge in [0.2, 0.25) is 5.91 Å². The van der Waals surface area contributed by atoms with E-state index in [2.05, 4.69) is 5.32 Å². The Morgan fingerprint density at radius 3 is 2.95 bits per heavy atom. The first-order chi connectivity index (χ1) is 9.84. The van der Waals surface area contributed by atoms with Crippen molar-refractivity contribution in [1.29, 1.82) is 0 Å². The number of para-hydroxylation sites is 1. The first-order valence-electron chi connectivity index (χ1n) is 7.54. The van der Waals surface area contributed by atoms with Gasteiger partial charge in [0.05, 0.1) is 12.5 Å². The van der Waals surface area contributed by atoms with Crippen LogP contribution in [0.15, 0.2) is 30.3 Å². The van der Waals surface area contributed by atoms with E-state index in [0.717, 1.165) is 44.6 Å². The van der Waals surface area contributed by atoms with Crippen LogP contribution in [0.4, 0.5) is 0 Å². The molecule has 4 nitrogen and oxygen atoms in total. The molecule has 2 atom stereocenters. The zero-order chi connectivity index (χ0) is 13.8. The van der Waals surface area contributed by atoms with Gasteiger partial charge in [0.1, 0.15) is 5.75 Å². The zero-order valence-electron chi connectivity index (χ0n) is 11.8. The van der Waals surface area contributed by atoms with E-state index in [-0.39, 0.29) is 5.92 Å². The van der Waals surface area contributed by atoms with Gasteiger partial charge < -0.3 is 15.0 Å². The van der Waals surface area contributed by atoms with E-state index in [1.807, 2.05) is 35.2 Å². The molecule has 1 N–H and O–H groups in total. The number of nitrogens with zero attached hydrogens (tertiary/aromatic N) is 1. The fourth-order valence-corrected chi connectivity index (χ4v) is 3.17. The van der Waals surface area contributed by atoms with E-state index in [4.69, 9.17) is 4.74 Å². The SMILES string of the molecule is O=C1C2CCCNC2CN1CCCOc1ccccc1. The number of nitrogens with one attached hydrogen (secondary N) is 1. The number of hydrogen-bond acceptors (Lipinski definition) is 3. The maximum atomic E-state index is 12.2. The van der Waals surface area contributed by atoms with Crippen LogP contribution in [0.3, 0.4) is 0 Å². The average molecular weight is 274 g/mol. The number of fused-ring (bicyclic) bond motifs is 1. The van der Waals surface area contributed by atoms with Crippen LogP contribution in [0.2, 0.25) is 0 Å². The van der Waals surface area contributed by atoms with Gasteiger partial charge in [-0.25, -0.2) is 0 Å². The minimum Gasteiger partial charge on any atom is -0.494 e. The second-order valence-corrected chi connectivity index (χ2v) is 5.61. The molecule has 20 heavy (non-hydrogen) atoms. The van der Waals surface area contributed by atoms with Crippen molar-refractivity contribution in [3.8, 4) is 5.75 Å². The molecule has 2 unspecified atom stereocenters. The molecule has 2 aliphatic heterocycles. The summed E-state index contributed by atoms with van der Waals surface area (Å²) in [6, 6.07) is 10.2. The lowest BCUT2D eigenvalue weighted by atomic mass is 9.94. The molecule has 0 bridgehead atoms. The number of rotatable bonds is 5. The van der Waals surface area contributed by atoms with Crippen LogP contribution in [-0.2, 0) is 4.79 Å². The number of carbonyl (C=O) groups excluding carboxylic acids is 1. The Bertz CT molecular complexity index is 449. The van der Waals surface area contributed by atoms with Gasteiger partial charge in [0, 0.05) is 19.1 Å². The molecule has 0 aromatic heterocycles. The largest absolute Gasteiger partial charge is 0.494 e. The van der Waals surface area contributed by atoms with Crippen LogP contribution in [0, 0.1) is 5.92 Å². The normalized spacial score (nSPS) is 25.6. The molecule has 2 heterocycles. The smallest absolute Gasteiger partial charge is 0.227 e. The third-order valence-corrected chi connectivity index (χ3v) is 4.21. The van der Waals surface area contributed by atoms with Crippen molar-refractivity contribution in [3.05, 3.63) is 30.3 Å². The summed E-state index contributed by atoms with van der Waals surface area (Å²) in [6.45, 7) is 3.39. The first kappa shape index (κ1) is 13.4. The molecule has 4 heteroatoms. The van der Waals surface area contributed by atoms with Crippen LogP contribution in [0.25, 0.3) is 0 Å². The first-order valence-corrected chi connectivity index (χ1v) is 7.54. The van der Waals surface area contributed by atoms with Crippen molar-refractivity contribution in [2.24, 2.45) is 5.92 Å². The summed E-state index contributed by atoms with van der Waals surface area (Å²) in [4.78, 5) is 14.3. The summed E-state index contributed by atoms with van der Waals surface area (Å²) in [7, 11) is 0. The fourth-order valence-electron chi connectivity index (χ4n) is 3.17. The van der Waals surface area contributed by atoms with Crippen molar-refractivity contribution in [2.45, 2.75) is 25.3 Å². The fraction of sp³-hybridized carbons (Fsp3) is 0.562. The van der Waals surface area contributed by atoms with Crippen molar-refractivity contribution >= 4 is 5.91 Å². The number of likely N-dealkylation sites (tertiary alicyclic amines) is 1. The zero-order valence-corrected chi connectivity index (χ0v) is 11.8. The third-order valence-electron chi connectivity index (χ3n) is 4.21. The Morgan fingerprint density at radius 2 is 2.15 bits per heavy atom. The molecule has 0 radical (unpaired) electrons. The Hall–Kier alpha value is -1.55. The molecule has 0 spiro atoms. The van der Waals surface area contributed by atoms with Crippen molar-refractivity contribution < 1.29 is 9.53 Å². The predicted molar refractivity (Wildman–Crippen MR) is 77.6 cm³/mol. The Labute approximate surface area is 120 Å². The molecule has 1 aromatic rings. The molecule has 2 fully saturated rings. The summed E-state index contributed by atoms with van der Waals surface area (Å²) in [5, 5.41) is 3.46. The maximum absolute atomic E-state index is 12.2. The number of hydrogen-bond donors (Lipinski definition) is 1. The van der Waals surface area contributed by atoms with E-state index in [1.54, 1.807) is 0 Å². The van der Waals surface area contributed by atoms with Crippen LogP contribution in [0.5, 0.6) is 5.75 Å². The molecule has 2 aliphatic rings. The lowest BCUT2D eigenvalue weighted by molar-refractivity contribution is -0.131.